The first kappa shape index (κ1) is 12.4. The second kappa shape index (κ2) is 5.04. The Labute approximate surface area is 105 Å². The van der Waals surface area contributed by atoms with Crippen molar-refractivity contribution in [2.24, 2.45) is 0 Å². The predicted molar refractivity (Wildman–Crippen MR) is 65.4 cm³/mol. The van der Waals surface area contributed by atoms with Crippen molar-refractivity contribution >= 4 is 23.2 Å². The monoisotopic (exact) mass is 255 g/mol. The third kappa shape index (κ3) is 2.60. The third-order valence-electron chi connectivity index (χ3n) is 2.80. The summed E-state index contributed by atoms with van der Waals surface area (Å²) in [6.07, 6.45) is -0.326. The first-order valence-corrected chi connectivity index (χ1v) is 5.78. The number of hydrogen-bond donors (Lipinski definition) is 1. The van der Waals surface area contributed by atoms with E-state index in [0.29, 0.717) is 11.6 Å². The largest absolute Gasteiger partial charge is 0.394 e. The molecule has 1 heterocycles. The van der Waals surface area contributed by atoms with E-state index in [1.807, 2.05) is 19.1 Å². The van der Waals surface area contributed by atoms with Crippen molar-refractivity contribution in [3.63, 3.8) is 0 Å². The Kier molecular flexibility index (Phi) is 3.66. The molecule has 1 aliphatic rings. The van der Waals surface area contributed by atoms with E-state index in [2.05, 4.69) is 0 Å². The number of carbonyl (C=O) groups excluding carboxylic acids is 1. The minimum Gasteiger partial charge on any atom is -0.394 e. The first-order valence-electron chi connectivity index (χ1n) is 5.41. The number of morpholine rings is 1. The van der Waals surface area contributed by atoms with E-state index >= 15 is 0 Å². The number of carbonyl (C=O) groups is 1. The number of nitrogens with zero attached hydrogens (tertiary/aromatic N) is 1. The highest BCUT2D eigenvalue weighted by Gasteiger charge is 2.27. The van der Waals surface area contributed by atoms with Crippen molar-refractivity contribution in [1.29, 1.82) is 0 Å². The molecule has 1 amide bonds. The molecule has 1 atom stereocenters. The summed E-state index contributed by atoms with van der Waals surface area (Å²) in [6, 6.07) is 5.47. The molecule has 1 aromatic carbocycles. The fraction of sp³-hybridized carbons (Fsp3) is 0.417. The average Bonchev–Trinajstić information content (AvgIpc) is 2.33. The van der Waals surface area contributed by atoms with Gasteiger partial charge in [-0.05, 0) is 24.6 Å². The van der Waals surface area contributed by atoms with Crippen LogP contribution in [-0.4, -0.2) is 36.9 Å². The predicted octanol–water partition coefficient (Wildman–Crippen LogP) is 1.37. The standard InChI is InChI=1S/C12H14ClNO3/c1-8-2-3-9(4-11(8)13)14-5-10(6-15)17-7-12(14)16/h2-4,10,15H,5-7H2,1H3. The van der Waals surface area contributed by atoms with Crippen LogP contribution in [0.2, 0.25) is 5.02 Å². The number of aliphatic hydroxyl groups is 1. The molecule has 1 saturated heterocycles. The van der Waals surface area contributed by atoms with Gasteiger partial charge in [0.25, 0.3) is 5.91 Å². The number of rotatable bonds is 2. The zero-order chi connectivity index (χ0) is 12.4. The van der Waals surface area contributed by atoms with Crippen LogP contribution in [0.25, 0.3) is 0 Å². The molecule has 1 fully saturated rings. The SMILES string of the molecule is Cc1ccc(N2CC(CO)OCC2=O)cc1Cl. The molecule has 1 N–H and O–H groups in total. The Bertz CT molecular complexity index is 436. The Morgan fingerprint density at radius 1 is 1.59 bits per heavy atom. The van der Waals surface area contributed by atoms with Crippen molar-refractivity contribution in [3.8, 4) is 0 Å². The van der Waals surface area contributed by atoms with Gasteiger partial charge in [-0.15, -0.1) is 0 Å². The molecular formula is C12H14ClNO3. The van der Waals surface area contributed by atoms with Crippen LogP contribution in [0.1, 0.15) is 5.56 Å². The van der Waals surface area contributed by atoms with Gasteiger partial charge in [-0.25, -0.2) is 0 Å². The van der Waals surface area contributed by atoms with Gasteiger partial charge >= 0.3 is 0 Å². The Morgan fingerprint density at radius 2 is 2.35 bits per heavy atom. The Balaban J connectivity index is 2.24. The lowest BCUT2D eigenvalue weighted by Crippen LogP contribution is -2.48. The van der Waals surface area contributed by atoms with Crippen LogP contribution in [0.3, 0.4) is 0 Å². The maximum atomic E-state index is 11.7. The smallest absolute Gasteiger partial charge is 0.253 e. The number of hydrogen-bond acceptors (Lipinski definition) is 3. The highest BCUT2D eigenvalue weighted by atomic mass is 35.5. The summed E-state index contributed by atoms with van der Waals surface area (Å²) in [5.74, 6) is -0.116. The zero-order valence-electron chi connectivity index (χ0n) is 9.52. The number of aliphatic hydroxyl groups excluding tert-OH is 1. The number of amides is 1. The maximum absolute atomic E-state index is 11.7. The highest BCUT2D eigenvalue weighted by molar-refractivity contribution is 6.31. The molecule has 1 aromatic rings. The molecule has 0 bridgehead atoms. The van der Waals surface area contributed by atoms with Crippen molar-refractivity contribution < 1.29 is 14.6 Å². The number of aryl methyl sites for hydroxylation is 1. The van der Waals surface area contributed by atoms with E-state index in [1.54, 1.807) is 11.0 Å². The normalized spacial score (nSPS) is 20.8. The van der Waals surface area contributed by atoms with Gasteiger partial charge in [0.2, 0.25) is 0 Å². The summed E-state index contributed by atoms with van der Waals surface area (Å²) in [4.78, 5) is 13.3. The number of halogens is 1. The summed E-state index contributed by atoms with van der Waals surface area (Å²) in [5.41, 5.74) is 1.71. The number of ether oxygens (including phenoxy) is 1. The van der Waals surface area contributed by atoms with Crippen LogP contribution >= 0.6 is 11.6 Å². The first-order chi connectivity index (χ1) is 8.11. The Morgan fingerprint density at radius 3 is 3.00 bits per heavy atom. The second-order valence-electron chi connectivity index (χ2n) is 4.05. The molecule has 0 spiro atoms. The fourth-order valence-electron chi connectivity index (χ4n) is 1.73. The van der Waals surface area contributed by atoms with E-state index < -0.39 is 0 Å². The summed E-state index contributed by atoms with van der Waals surface area (Å²) in [6.45, 7) is 2.17. The molecule has 0 aromatic heterocycles. The highest BCUT2D eigenvalue weighted by Crippen LogP contribution is 2.25. The lowest BCUT2D eigenvalue weighted by atomic mass is 10.2. The quantitative estimate of drug-likeness (QED) is 0.869. The average molecular weight is 256 g/mol. The molecule has 92 valence electrons. The van der Waals surface area contributed by atoms with E-state index in [0.717, 1.165) is 11.3 Å². The minimum absolute atomic E-state index is 0.00325. The summed E-state index contributed by atoms with van der Waals surface area (Å²) in [5, 5.41) is 9.68. The maximum Gasteiger partial charge on any atom is 0.253 e. The molecule has 2 rings (SSSR count). The van der Waals surface area contributed by atoms with Crippen LogP contribution in [-0.2, 0) is 9.53 Å². The summed E-state index contributed by atoms with van der Waals surface area (Å²) < 4.78 is 5.17. The lowest BCUT2D eigenvalue weighted by Gasteiger charge is -2.32. The van der Waals surface area contributed by atoms with E-state index in [9.17, 15) is 4.79 Å². The van der Waals surface area contributed by atoms with Gasteiger partial charge in [0.15, 0.2) is 0 Å². The van der Waals surface area contributed by atoms with Crippen LogP contribution in [0.4, 0.5) is 5.69 Å². The van der Waals surface area contributed by atoms with Gasteiger partial charge < -0.3 is 14.7 Å². The van der Waals surface area contributed by atoms with Crippen molar-refractivity contribution in [1.82, 2.24) is 0 Å². The molecule has 17 heavy (non-hydrogen) atoms. The van der Waals surface area contributed by atoms with Gasteiger partial charge in [0.05, 0.1) is 19.3 Å². The van der Waals surface area contributed by atoms with Gasteiger partial charge in [0, 0.05) is 10.7 Å². The number of benzene rings is 1. The fourth-order valence-corrected chi connectivity index (χ4v) is 1.91. The van der Waals surface area contributed by atoms with E-state index in [-0.39, 0.29) is 25.2 Å². The second-order valence-corrected chi connectivity index (χ2v) is 4.46. The molecule has 0 saturated carbocycles. The Hall–Kier alpha value is -1.10. The van der Waals surface area contributed by atoms with Gasteiger partial charge in [-0.3, -0.25) is 4.79 Å². The van der Waals surface area contributed by atoms with Crippen LogP contribution in [0, 0.1) is 6.92 Å². The summed E-state index contributed by atoms with van der Waals surface area (Å²) in [7, 11) is 0. The molecule has 1 aliphatic heterocycles. The van der Waals surface area contributed by atoms with Crippen molar-refractivity contribution in [3.05, 3.63) is 28.8 Å². The van der Waals surface area contributed by atoms with Crippen LogP contribution in [0.5, 0.6) is 0 Å². The van der Waals surface area contributed by atoms with Crippen LogP contribution in [0.15, 0.2) is 18.2 Å². The molecular weight excluding hydrogens is 242 g/mol. The van der Waals surface area contributed by atoms with Crippen molar-refractivity contribution in [2.75, 3.05) is 24.7 Å². The zero-order valence-corrected chi connectivity index (χ0v) is 10.3. The molecule has 1 unspecified atom stereocenters. The molecule has 4 nitrogen and oxygen atoms in total. The van der Waals surface area contributed by atoms with E-state index in [4.69, 9.17) is 21.4 Å². The van der Waals surface area contributed by atoms with Gasteiger partial charge in [-0.2, -0.15) is 0 Å². The molecule has 0 radical (unpaired) electrons. The molecule has 5 heteroatoms. The van der Waals surface area contributed by atoms with Crippen LogP contribution < -0.4 is 4.90 Å². The van der Waals surface area contributed by atoms with Gasteiger partial charge in [0.1, 0.15) is 6.61 Å². The molecule has 0 aliphatic carbocycles. The third-order valence-corrected chi connectivity index (χ3v) is 3.21. The topological polar surface area (TPSA) is 49.8 Å². The lowest BCUT2D eigenvalue weighted by molar-refractivity contribution is -0.130. The van der Waals surface area contributed by atoms with E-state index in [1.165, 1.54) is 0 Å². The number of anilines is 1. The summed E-state index contributed by atoms with van der Waals surface area (Å²) >= 11 is 6.03. The van der Waals surface area contributed by atoms with Crippen molar-refractivity contribution in [2.45, 2.75) is 13.0 Å². The minimum atomic E-state index is -0.326. The van der Waals surface area contributed by atoms with Gasteiger partial charge in [-0.1, -0.05) is 17.7 Å².